The molecule has 4 N–H and O–H groups in total. The van der Waals surface area contributed by atoms with Crippen LogP contribution >= 0.6 is 0 Å². The quantitative estimate of drug-likeness (QED) is 0.352. The lowest BCUT2D eigenvalue weighted by atomic mass is 9.94. The van der Waals surface area contributed by atoms with E-state index in [9.17, 15) is 31.2 Å². The fourth-order valence-corrected chi connectivity index (χ4v) is 5.55. The summed E-state index contributed by atoms with van der Waals surface area (Å²) in [6.45, 7) is 0.337. The van der Waals surface area contributed by atoms with Crippen molar-refractivity contribution in [2.75, 3.05) is 0 Å². The average Bonchev–Trinajstić information content (AvgIpc) is 3.41. The Labute approximate surface area is 229 Å². The molecular formula is C28H28F3N3O5S. The number of ether oxygens (including phenoxy) is 1. The van der Waals surface area contributed by atoms with Gasteiger partial charge < -0.3 is 15.4 Å². The second-order valence-corrected chi connectivity index (χ2v) is 11.0. The number of hydrogen-bond donors (Lipinski definition) is 3. The molecule has 0 saturated heterocycles. The molecule has 2 atom stereocenters. The van der Waals surface area contributed by atoms with Gasteiger partial charge in [0.25, 0.3) is 0 Å². The van der Waals surface area contributed by atoms with Crippen molar-refractivity contribution in [2.45, 2.75) is 43.6 Å². The molecule has 3 aromatic rings. The van der Waals surface area contributed by atoms with Crippen LogP contribution in [0.3, 0.4) is 0 Å². The Morgan fingerprint density at radius 3 is 1.82 bits per heavy atom. The van der Waals surface area contributed by atoms with Crippen LogP contribution in [-0.4, -0.2) is 26.6 Å². The first-order chi connectivity index (χ1) is 18.9. The van der Waals surface area contributed by atoms with Crippen LogP contribution in [0.2, 0.25) is 0 Å². The van der Waals surface area contributed by atoms with E-state index in [1.165, 1.54) is 30.3 Å². The lowest BCUT2D eigenvalue weighted by molar-refractivity contribution is -0.274. The van der Waals surface area contributed by atoms with E-state index in [1.54, 1.807) is 42.5 Å². The number of hydrogen-bond acceptors (Lipinski definition) is 5. The van der Waals surface area contributed by atoms with Crippen LogP contribution in [0.4, 0.5) is 13.2 Å². The van der Waals surface area contributed by atoms with Gasteiger partial charge in [0.15, 0.2) is 0 Å². The molecule has 0 aromatic heterocycles. The smallest absolute Gasteiger partial charge is 0.406 e. The number of carbonyl (C=O) groups is 2. The molecular weight excluding hydrogens is 547 g/mol. The number of halogens is 3. The minimum atomic E-state index is -4.78. The van der Waals surface area contributed by atoms with E-state index in [2.05, 4.69) is 15.4 Å². The highest BCUT2D eigenvalue weighted by atomic mass is 32.2. The number of rotatable bonds is 9. The van der Waals surface area contributed by atoms with E-state index in [0.717, 1.165) is 12.0 Å². The first kappa shape index (κ1) is 29.1. The summed E-state index contributed by atoms with van der Waals surface area (Å²) < 4.78 is 64.6. The van der Waals surface area contributed by atoms with Crippen molar-refractivity contribution in [2.24, 2.45) is 17.0 Å². The van der Waals surface area contributed by atoms with Crippen molar-refractivity contribution in [3.8, 4) is 16.9 Å². The Kier molecular flexibility index (Phi) is 8.79. The van der Waals surface area contributed by atoms with E-state index in [0.29, 0.717) is 29.5 Å². The zero-order valence-electron chi connectivity index (χ0n) is 21.3. The summed E-state index contributed by atoms with van der Waals surface area (Å²) in [5.41, 5.74) is 2.53. The molecule has 40 heavy (non-hydrogen) atoms. The minimum Gasteiger partial charge on any atom is -0.406 e. The molecule has 1 unspecified atom stereocenters. The number of carbonyl (C=O) groups excluding carboxylic acids is 2. The van der Waals surface area contributed by atoms with Crippen molar-refractivity contribution in [3.05, 3.63) is 83.9 Å². The molecule has 2 amide bonds. The summed E-state index contributed by atoms with van der Waals surface area (Å²) in [5.74, 6) is -1.88. The van der Waals surface area contributed by atoms with Crippen molar-refractivity contribution >= 4 is 21.8 Å². The van der Waals surface area contributed by atoms with Gasteiger partial charge in [0.2, 0.25) is 21.8 Å². The average molecular weight is 576 g/mol. The number of sulfonamides is 1. The SMILES string of the molecule is NS(=O)(=O)c1ccccc1-c1ccc(CNC(=O)C2CCC[C@H]2C(=O)NCc2ccc(OC(F)(F)F)cc2)cc1. The number of nitrogens with two attached hydrogens (primary N) is 1. The Bertz CT molecular complexity index is 1460. The summed E-state index contributed by atoms with van der Waals surface area (Å²) in [4.78, 5) is 25.8. The molecule has 4 rings (SSSR count). The highest BCUT2D eigenvalue weighted by Gasteiger charge is 2.37. The second-order valence-electron chi connectivity index (χ2n) is 9.51. The molecule has 1 fully saturated rings. The number of benzene rings is 3. The monoisotopic (exact) mass is 575 g/mol. The molecule has 1 saturated carbocycles. The van der Waals surface area contributed by atoms with Crippen molar-refractivity contribution in [1.29, 1.82) is 0 Å². The maximum absolute atomic E-state index is 12.9. The Morgan fingerprint density at radius 2 is 1.32 bits per heavy atom. The predicted molar refractivity (Wildman–Crippen MR) is 141 cm³/mol. The molecule has 0 heterocycles. The van der Waals surface area contributed by atoms with Crippen molar-refractivity contribution < 1.29 is 35.9 Å². The largest absolute Gasteiger partial charge is 0.573 e. The maximum atomic E-state index is 12.9. The summed E-state index contributed by atoms with van der Waals surface area (Å²) in [5, 5.41) is 11.0. The van der Waals surface area contributed by atoms with Crippen LogP contribution in [0.15, 0.2) is 77.7 Å². The lowest BCUT2D eigenvalue weighted by Gasteiger charge is -2.19. The molecule has 12 heteroatoms. The topological polar surface area (TPSA) is 128 Å². The first-order valence-corrected chi connectivity index (χ1v) is 14.1. The van der Waals surface area contributed by atoms with Crippen molar-refractivity contribution in [1.82, 2.24) is 10.6 Å². The number of amides is 2. The molecule has 1 aliphatic carbocycles. The molecule has 3 aromatic carbocycles. The molecule has 0 spiro atoms. The fraction of sp³-hybridized carbons (Fsp3) is 0.286. The van der Waals surface area contributed by atoms with Crippen LogP contribution in [0, 0.1) is 11.8 Å². The summed E-state index contributed by atoms with van der Waals surface area (Å²) in [6, 6.07) is 18.7. The van der Waals surface area contributed by atoms with E-state index in [-0.39, 0.29) is 35.5 Å². The summed E-state index contributed by atoms with van der Waals surface area (Å²) >= 11 is 0. The van der Waals surface area contributed by atoms with Crippen LogP contribution in [0.5, 0.6) is 5.75 Å². The first-order valence-electron chi connectivity index (χ1n) is 12.5. The normalized spacial score (nSPS) is 17.3. The third kappa shape index (κ3) is 7.60. The van der Waals surface area contributed by atoms with Gasteiger partial charge in [0.1, 0.15) is 5.75 Å². The van der Waals surface area contributed by atoms with Gasteiger partial charge in [-0.25, -0.2) is 13.6 Å². The Morgan fingerprint density at radius 1 is 0.825 bits per heavy atom. The van der Waals surface area contributed by atoms with E-state index in [4.69, 9.17) is 5.14 Å². The highest BCUT2D eigenvalue weighted by molar-refractivity contribution is 7.89. The van der Waals surface area contributed by atoms with E-state index in [1.807, 2.05) is 0 Å². The molecule has 1 aliphatic rings. The van der Waals surface area contributed by atoms with Crippen LogP contribution in [-0.2, 0) is 32.7 Å². The molecule has 212 valence electrons. The Balaban J connectivity index is 1.30. The number of alkyl halides is 3. The van der Waals surface area contributed by atoms with Crippen LogP contribution in [0.25, 0.3) is 11.1 Å². The van der Waals surface area contributed by atoms with Gasteiger partial charge in [-0.3, -0.25) is 9.59 Å². The summed E-state index contributed by atoms with van der Waals surface area (Å²) in [7, 11) is -3.90. The van der Waals surface area contributed by atoms with Crippen molar-refractivity contribution in [3.63, 3.8) is 0 Å². The third-order valence-electron chi connectivity index (χ3n) is 6.74. The number of nitrogens with one attached hydrogen (secondary N) is 2. The maximum Gasteiger partial charge on any atom is 0.573 e. The molecule has 0 aliphatic heterocycles. The van der Waals surface area contributed by atoms with E-state index >= 15 is 0 Å². The second kappa shape index (κ2) is 12.1. The van der Waals surface area contributed by atoms with Crippen LogP contribution < -0.4 is 20.5 Å². The van der Waals surface area contributed by atoms with Gasteiger partial charge in [-0.15, -0.1) is 13.2 Å². The van der Waals surface area contributed by atoms with Crippen LogP contribution in [0.1, 0.15) is 30.4 Å². The Hall–Kier alpha value is -3.90. The van der Waals surface area contributed by atoms with Gasteiger partial charge in [0, 0.05) is 30.5 Å². The third-order valence-corrected chi connectivity index (χ3v) is 7.71. The zero-order chi connectivity index (χ0) is 28.9. The minimum absolute atomic E-state index is 0.0223. The standard InChI is InChI=1S/C28H28F3N3O5S/c29-28(30,31)39-21-14-10-19(11-15-21)17-34-27(36)24-6-3-5-23(24)26(35)33-16-18-8-12-20(13-9-18)22-4-1-2-7-25(22)40(32,37)38/h1-2,4,7-15,23-24H,3,5-6,16-17H2,(H,33,35)(H,34,36)(H2,32,37,38)/t23?,24-/m1/s1. The van der Waals surface area contributed by atoms with Gasteiger partial charge in [-0.2, -0.15) is 0 Å². The highest BCUT2D eigenvalue weighted by Crippen LogP contribution is 2.32. The summed E-state index contributed by atoms with van der Waals surface area (Å²) in [6.07, 6.45) is -2.94. The van der Waals surface area contributed by atoms with Gasteiger partial charge in [-0.05, 0) is 47.7 Å². The zero-order valence-corrected chi connectivity index (χ0v) is 22.1. The molecule has 0 bridgehead atoms. The predicted octanol–water partition coefficient (Wildman–Crippen LogP) is 4.25. The number of primary sulfonamides is 1. The lowest BCUT2D eigenvalue weighted by Crippen LogP contribution is -2.39. The van der Waals surface area contributed by atoms with E-state index < -0.39 is 28.2 Å². The molecule has 0 radical (unpaired) electrons. The van der Waals surface area contributed by atoms with Gasteiger partial charge >= 0.3 is 6.36 Å². The van der Waals surface area contributed by atoms with Gasteiger partial charge in [0.05, 0.1) is 4.90 Å². The molecule has 8 nitrogen and oxygen atoms in total. The van der Waals surface area contributed by atoms with Gasteiger partial charge in [-0.1, -0.05) is 61.0 Å². The fourth-order valence-electron chi connectivity index (χ4n) is 4.79.